The normalized spacial score (nSPS) is 13.1. The monoisotopic (exact) mass is 347 g/mol. The summed E-state index contributed by atoms with van der Waals surface area (Å²) in [5.74, 6) is -0.102. The lowest BCUT2D eigenvalue weighted by Crippen LogP contribution is -2.18. The van der Waals surface area contributed by atoms with Gasteiger partial charge in [0.05, 0.1) is 0 Å². The van der Waals surface area contributed by atoms with Crippen LogP contribution < -0.4 is 0 Å². The van der Waals surface area contributed by atoms with E-state index in [9.17, 15) is 14.7 Å². The molecular formula is C20H29NO4. The minimum Gasteiger partial charge on any atom is -0.507 e. The number of aromatic hydroxyl groups is 1. The minimum absolute atomic E-state index is 0.177. The Hall–Kier alpha value is -2.13. The molecule has 1 N–H and O–H groups in total. The first-order chi connectivity index (χ1) is 11.4. The van der Waals surface area contributed by atoms with Gasteiger partial charge in [0.25, 0.3) is 0 Å². The van der Waals surface area contributed by atoms with E-state index in [2.05, 4.69) is 4.99 Å². The van der Waals surface area contributed by atoms with Gasteiger partial charge in [-0.2, -0.15) is 4.99 Å². The Morgan fingerprint density at radius 1 is 1.16 bits per heavy atom. The number of nitrogens with zero attached hydrogens (tertiary/aromatic N) is 1. The molecule has 0 fully saturated rings. The van der Waals surface area contributed by atoms with Crippen molar-refractivity contribution in [2.75, 3.05) is 0 Å². The van der Waals surface area contributed by atoms with E-state index in [4.69, 9.17) is 4.74 Å². The number of phenolic OH excluding ortho intramolecular Hbond substituents is 1. The van der Waals surface area contributed by atoms with Crippen LogP contribution in [0.25, 0.3) is 0 Å². The van der Waals surface area contributed by atoms with Crippen LogP contribution in [0.2, 0.25) is 0 Å². The molecule has 0 aliphatic carbocycles. The predicted molar refractivity (Wildman–Crippen MR) is 97.5 cm³/mol. The first-order valence-electron chi connectivity index (χ1n) is 8.49. The summed E-state index contributed by atoms with van der Waals surface area (Å²) < 4.78 is 5.01. The number of carbonyl (C=O) groups is 1. The van der Waals surface area contributed by atoms with E-state index in [-0.39, 0.29) is 17.3 Å². The highest BCUT2D eigenvalue weighted by Gasteiger charge is 2.26. The number of isocyanates is 1. The molecule has 0 spiro atoms. The number of aryl methyl sites for hydroxylation is 1. The molecule has 1 rings (SSSR count). The Bertz CT molecular complexity index is 639. The van der Waals surface area contributed by atoms with Crippen molar-refractivity contribution in [2.45, 2.75) is 78.4 Å². The molecule has 0 amide bonds. The van der Waals surface area contributed by atoms with Crippen LogP contribution in [-0.4, -0.2) is 23.4 Å². The molecule has 0 heterocycles. The summed E-state index contributed by atoms with van der Waals surface area (Å²) in [5.41, 5.74) is 2.27. The molecule has 0 radical (unpaired) electrons. The number of rotatable bonds is 5. The van der Waals surface area contributed by atoms with E-state index in [0.717, 1.165) is 16.7 Å². The van der Waals surface area contributed by atoms with Gasteiger partial charge in [-0.25, -0.2) is 4.79 Å². The average Bonchev–Trinajstić information content (AvgIpc) is 2.43. The molecule has 1 unspecified atom stereocenters. The molecule has 0 saturated heterocycles. The Labute approximate surface area is 150 Å². The van der Waals surface area contributed by atoms with Crippen LogP contribution in [0, 0.1) is 0 Å². The molecule has 0 aliphatic heterocycles. The number of carbonyl (C=O) groups excluding carboxylic acids is 2. The van der Waals surface area contributed by atoms with E-state index < -0.39 is 12.2 Å². The Morgan fingerprint density at radius 2 is 1.64 bits per heavy atom. The van der Waals surface area contributed by atoms with Crippen LogP contribution in [-0.2, 0) is 31.6 Å². The molecule has 5 nitrogen and oxygen atoms in total. The lowest BCUT2D eigenvalue weighted by atomic mass is 9.78. The van der Waals surface area contributed by atoms with E-state index in [1.807, 2.05) is 53.7 Å². The lowest BCUT2D eigenvalue weighted by Gasteiger charge is -2.28. The average molecular weight is 347 g/mol. The molecule has 1 aromatic rings. The third-order valence-corrected chi connectivity index (χ3v) is 3.94. The predicted octanol–water partition coefficient (Wildman–Crippen LogP) is 4.14. The van der Waals surface area contributed by atoms with Gasteiger partial charge in [-0.15, -0.1) is 0 Å². The van der Waals surface area contributed by atoms with Crippen molar-refractivity contribution >= 4 is 12.0 Å². The zero-order valence-corrected chi connectivity index (χ0v) is 16.3. The third kappa shape index (κ3) is 6.02. The highest BCUT2D eigenvalue weighted by Crippen LogP contribution is 2.39. The van der Waals surface area contributed by atoms with Crippen LogP contribution in [0.4, 0.5) is 0 Å². The highest BCUT2D eigenvalue weighted by molar-refractivity contribution is 5.70. The maximum atomic E-state index is 11.9. The van der Waals surface area contributed by atoms with Gasteiger partial charge in [0.2, 0.25) is 12.3 Å². The van der Waals surface area contributed by atoms with Crippen molar-refractivity contribution in [3.8, 4) is 5.75 Å². The maximum Gasteiger partial charge on any atom is 0.308 e. The topological polar surface area (TPSA) is 76.0 Å². The van der Waals surface area contributed by atoms with Gasteiger partial charge in [0.1, 0.15) is 5.75 Å². The summed E-state index contributed by atoms with van der Waals surface area (Å²) in [6, 6.07) is 3.90. The van der Waals surface area contributed by atoms with Gasteiger partial charge >= 0.3 is 5.97 Å². The largest absolute Gasteiger partial charge is 0.507 e. The molecule has 1 aromatic carbocycles. The van der Waals surface area contributed by atoms with Crippen molar-refractivity contribution < 1.29 is 19.4 Å². The van der Waals surface area contributed by atoms with Crippen molar-refractivity contribution in [2.24, 2.45) is 4.99 Å². The Morgan fingerprint density at radius 3 is 2.04 bits per heavy atom. The zero-order valence-electron chi connectivity index (χ0n) is 16.3. The van der Waals surface area contributed by atoms with Crippen molar-refractivity contribution in [1.82, 2.24) is 0 Å². The van der Waals surface area contributed by atoms with Crippen LogP contribution in [0.3, 0.4) is 0 Å². The third-order valence-electron chi connectivity index (χ3n) is 3.94. The molecule has 0 aliphatic rings. The summed E-state index contributed by atoms with van der Waals surface area (Å²) in [7, 11) is 0. The van der Waals surface area contributed by atoms with Gasteiger partial charge in [-0.3, -0.25) is 4.79 Å². The van der Waals surface area contributed by atoms with Crippen LogP contribution in [0.15, 0.2) is 17.1 Å². The van der Waals surface area contributed by atoms with Gasteiger partial charge in [-0.1, -0.05) is 53.7 Å². The first-order valence-corrected chi connectivity index (χ1v) is 8.49. The molecule has 5 heteroatoms. The highest BCUT2D eigenvalue weighted by atomic mass is 16.6. The molecule has 138 valence electrons. The Balaban J connectivity index is 3.08. The first kappa shape index (κ1) is 20.9. The summed E-state index contributed by atoms with van der Waals surface area (Å²) in [6.07, 6.45) is 1.22. The fourth-order valence-corrected chi connectivity index (χ4v) is 2.58. The standard InChI is InChI=1S/C20H29NO4/c1-13(21-12-22)25-17(23)9-8-14-10-15(19(2,3)4)18(24)16(11-14)20(5,6)7/h10-11,13,24H,8-9H2,1-7H3. The molecule has 0 aromatic heterocycles. The molecule has 25 heavy (non-hydrogen) atoms. The number of esters is 1. The Kier molecular flexibility index (Phi) is 6.55. The number of hydrogen-bond acceptors (Lipinski definition) is 5. The molecule has 0 saturated carbocycles. The number of phenols is 1. The second kappa shape index (κ2) is 7.83. The fourth-order valence-electron chi connectivity index (χ4n) is 2.58. The summed E-state index contributed by atoms with van der Waals surface area (Å²) in [6.45, 7) is 13.8. The smallest absolute Gasteiger partial charge is 0.308 e. The minimum atomic E-state index is -0.819. The SMILES string of the molecule is CC(N=C=O)OC(=O)CCc1cc(C(C)(C)C)c(O)c(C(C)(C)C)c1. The van der Waals surface area contributed by atoms with E-state index in [0.29, 0.717) is 12.2 Å². The molecule has 0 bridgehead atoms. The van der Waals surface area contributed by atoms with Gasteiger partial charge < -0.3 is 9.84 Å². The van der Waals surface area contributed by atoms with E-state index in [1.54, 1.807) is 0 Å². The second-order valence-corrected chi connectivity index (χ2v) is 8.35. The summed E-state index contributed by atoms with van der Waals surface area (Å²) >= 11 is 0. The second-order valence-electron chi connectivity index (χ2n) is 8.35. The summed E-state index contributed by atoms with van der Waals surface area (Å²) in [5, 5.41) is 10.7. The van der Waals surface area contributed by atoms with Gasteiger partial charge in [-0.05, 0) is 40.9 Å². The molecule has 1 atom stereocenters. The van der Waals surface area contributed by atoms with Crippen LogP contribution >= 0.6 is 0 Å². The number of benzene rings is 1. The fraction of sp³-hybridized carbons (Fsp3) is 0.600. The van der Waals surface area contributed by atoms with Crippen molar-refractivity contribution in [3.63, 3.8) is 0 Å². The van der Waals surface area contributed by atoms with Crippen molar-refractivity contribution in [1.29, 1.82) is 0 Å². The van der Waals surface area contributed by atoms with E-state index in [1.165, 1.54) is 13.0 Å². The number of hydrogen-bond donors (Lipinski definition) is 1. The maximum absolute atomic E-state index is 11.9. The zero-order chi connectivity index (χ0) is 19.4. The quantitative estimate of drug-likeness (QED) is 0.493. The summed E-state index contributed by atoms with van der Waals surface area (Å²) in [4.78, 5) is 25.4. The van der Waals surface area contributed by atoms with Crippen molar-refractivity contribution in [3.05, 3.63) is 28.8 Å². The number of aliphatic imine (C=N–C) groups is 1. The number of ether oxygens (including phenoxy) is 1. The van der Waals surface area contributed by atoms with Gasteiger partial charge in [0.15, 0.2) is 0 Å². The van der Waals surface area contributed by atoms with E-state index >= 15 is 0 Å². The molecular weight excluding hydrogens is 318 g/mol. The van der Waals surface area contributed by atoms with Gasteiger partial charge in [0, 0.05) is 6.42 Å². The lowest BCUT2D eigenvalue weighted by molar-refractivity contribution is -0.147. The van der Waals surface area contributed by atoms with Crippen LogP contribution in [0.5, 0.6) is 5.75 Å². The van der Waals surface area contributed by atoms with Crippen LogP contribution in [0.1, 0.15) is 71.6 Å².